The van der Waals surface area contributed by atoms with Gasteiger partial charge in [0, 0.05) is 99.1 Å². The zero-order valence-corrected chi connectivity index (χ0v) is 36.8. The first-order chi connectivity index (χ1) is 21.8. The third-order valence-electron chi connectivity index (χ3n) is 3.40. The van der Waals surface area contributed by atoms with E-state index in [9.17, 15) is 22.8 Å². The number of carbonyl (C=O) groups is 2. The summed E-state index contributed by atoms with van der Waals surface area (Å²) in [5.74, 6) is 0. The highest BCUT2D eigenvalue weighted by Gasteiger charge is 2.33. The van der Waals surface area contributed by atoms with Crippen LogP contribution in [0.4, 0.5) is 9.93 Å². The van der Waals surface area contributed by atoms with Gasteiger partial charge in [0.2, 0.25) is 14.0 Å². The maximum atomic E-state index is 11.2. The Kier molecular flexibility index (Phi) is 28.7. The van der Waals surface area contributed by atoms with Gasteiger partial charge in [0.15, 0.2) is 14.6 Å². The van der Waals surface area contributed by atoms with Gasteiger partial charge in [-0.15, -0.1) is 0 Å². The Labute approximate surface area is 322 Å². The van der Waals surface area contributed by atoms with Crippen molar-refractivity contribution < 1.29 is 27.9 Å². The highest BCUT2D eigenvalue weighted by atomic mass is 33.4. The quantitative estimate of drug-likeness (QED) is 0.163. The molecule has 0 bridgehead atoms. The molecule has 1 aromatic carbocycles. The van der Waals surface area contributed by atoms with Crippen molar-refractivity contribution in [1.29, 1.82) is 0 Å². The molecule has 3 heterocycles. The van der Waals surface area contributed by atoms with Crippen molar-refractivity contribution in [2.75, 3.05) is 26.4 Å². The minimum Gasteiger partial charge on any atom is -0.470 e. The highest BCUT2D eigenvalue weighted by Crippen LogP contribution is 2.37. The maximum absolute atomic E-state index is 11.2. The van der Waals surface area contributed by atoms with Gasteiger partial charge in [-0.2, -0.15) is 9.97 Å². The summed E-state index contributed by atoms with van der Waals surface area (Å²) in [4.78, 5) is 39.3. The molecule has 1 amide bonds. The molecule has 1 aliphatic rings. The lowest BCUT2D eigenvalue weighted by Gasteiger charge is -2.05. The molecule has 46 heavy (non-hydrogen) atoms. The number of anilines is 1. The lowest BCUT2D eigenvalue weighted by Crippen LogP contribution is -2.20. The number of aliphatic hydroxyl groups is 1. The first-order valence-corrected chi connectivity index (χ1v) is 30.0. The molecule has 0 spiro atoms. The fourth-order valence-corrected chi connectivity index (χ4v) is 20.2. The maximum Gasteiger partial charge on any atom is 0.340 e. The van der Waals surface area contributed by atoms with E-state index in [1.807, 2.05) is 6.92 Å². The van der Waals surface area contributed by atoms with Crippen LogP contribution in [0.25, 0.3) is 0 Å². The minimum absolute atomic E-state index is 0.139. The van der Waals surface area contributed by atoms with Gasteiger partial charge < -0.3 is 20.9 Å². The molecule has 0 aliphatic carbocycles. The summed E-state index contributed by atoms with van der Waals surface area (Å²) in [7, 11) is 16.5. The van der Waals surface area contributed by atoms with Crippen LogP contribution in [-0.2, 0) is 84.5 Å². The fourth-order valence-electron chi connectivity index (χ4n) is 1.84. The second kappa shape index (κ2) is 28.3. The first-order valence-electron chi connectivity index (χ1n) is 10.9. The monoisotopic (exact) mass is 951 g/mol. The molecule has 1 aliphatic heterocycles. The zero-order valence-electron chi connectivity index (χ0n) is 22.9. The summed E-state index contributed by atoms with van der Waals surface area (Å²) in [5.41, 5.74) is 4.83. The van der Waals surface area contributed by atoms with Gasteiger partial charge >= 0.3 is 4.87 Å². The molecule has 4 rings (SSSR count). The van der Waals surface area contributed by atoms with E-state index in [0.717, 1.165) is 31.9 Å². The number of fused-ring (bicyclic) bond motifs is 1. The van der Waals surface area contributed by atoms with Crippen molar-refractivity contribution in [2.24, 2.45) is 0 Å². The molecule has 29 heteroatoms. The van der Waals surface area contributed by atoms with Crippen LogP contribution in [0.2, 0.25) is 0 Å². The molecule has 258 valence electrons. The molecule has 0 radical (unpaired) electrons. The number of nitrogens with two attached hydrogens (primary N) is 1. The standard InChI is InChI=1S/C7H4O3S2.C4H10N2O2S2.C4H5NO2S2.C2H2N2S3.S8/c8-7-5-3-1-2-4-6(5)12(9,10)11-7;1-5-3(7)9-10-4(8)6-2;1-2-7-4-5-3(6)8-9-4;3-1-4-2(5)7-6-1;1-3-5-7-8-6-4-2/h1-4H;3,5,7H,1-2H3,(H,6,8);2H2,1H3;(H2,3,4,5);/t;3-;;;/m.0.../s1. The number of ether oxygens (including phenoxy) is 1. The van der Waals surface area contributed by atoms with E-state index in [1.54, 1.807) is 61.8 Å². The molecule has 0 saturated carbocycles. The summed E-state index contributed by atoms with van der Waals surface area (Å²) >= 11 is 13.9. The van der Waals surface area contributed by atoms with Gasteiger partial charge in [0.05, 0.1) is 22.3 Å². The van der Waals surface area contributed by atoms with Crippen molar-refractivity contribution in [1.82, 2.24) is 20.6 Å². The van der Waals surface area contributed by atoms with Crippen LogP contribution in [0.5, 0.6) is 5.19 Å². The predicted octanol–water partition coefficient (Wildman–Crippen LogP) is 3.93. The number of aliphatic hydroxyl groups excluding tert-OH is 1. The fraction of sp³-hybridized carbons (Fsp3) is 0.294. The number of aromatic nitrogens is 2. The van der Waals surface area contributed by atoms with Crippen LogP contribution in [0.1, 0.15) is 17.3 Å². The topological polar surface area (TPSA) is 191 Å². The predicted molar refractivity (Wildman–Crippen MR) is 222 cm³/mol. The van der Waals surface area contributed by atoms with Crippen LogP contribution >= 0.6 is 86.0 Å². The smallest absolute Gasteiger partial charge is 0.340 e. The zero-order chi connectivity index (χ0) is 35.0. The lowest BCUT2D eigenvalue weighted by atomic mass is 10.2. The molecular formula is C17H21N5O7S17. The van der Waals surface area contributed by atoms with E-state index in [4.69, 9.17) is 15.6 Å². The van der Waals surface area contributed by atoms with E-state index in [2.05, 4.69) is 55.2 Å². The highest BCUT2D eigenvalue weighted by molar-refractivity contribution is 8.82. The molecule has 0 fully saturated rings. The number of nitrogens with zero attached hydrogens (tertiary/aromatic N) is 2. The first kappa shape index (κ1) is 46.6. The molecule has 5 N–H and O–H groups in total. The normalized spacial score (nSPS) is 12.1. The SMILES string of the molecule is CCOc1nc(=O)ss1.CNC(=O)SS[C@H](O)NC.Nc1nc(=S)ss1.O=C1SS(=O)(=O)c2ccccc21.S=S=S=S=S=S=S=S. The molecule has 1 atom stereocenters. The van der Waals surface area contributed by atoms with Gasteiger partial charge in [-0.3, -0.25) is 19.7 Å². The number of rotatable bonds is 5. The Morgan fingerprint density at radius 3 is 2.09 bits per heavy atom. The van der Waals surface area contributed by atoms with Crippen LogP contribution in [0.3, 0.4) is 0 Å². The number of benzene rings is 1. The molecule has 2 aromatic heterocycles. The summed E-state index contributed by atoms with van der Waals surface area (Å²) in [6, 6.07) is 6.23. The Balaban J connectivity index is 0.000000558. The van der Waals surface area contributed by atoms with E-state index < -0.39 is 14.4 Å². The van der Waals surface area contributed by atoms with Gasteiger partial charge in [-0.25, -0.2) is 8.42 Å². The number of nitrogen functional groups attached to an aromatic ring is 1. The number of nitrogens with one attached hydrogen (secondary N) is 2. The van der Waals surface area contributed by atoms with Gasteiger partial charge in [-0.05, 0) is 90.5 Å². The average Bonchev–Trinajstić information content (AvgIpc) is 3.70. The van der Waals surface area contributed by atoms with E-state index >= 15 is 0 Å². The van der Waals surface area contributed by atoms with E-state index in [-0.39, 0.29) is 20.1 Å². The minimum atomic E-state index is -3.39. The van der Waals surface area contributed by atoms with Crippen LogP contribution < -0.4 is 26.0 Å². The molecule has 12 nitrogen and oxygen atoms in total. The summed E-state index contributed by atoms with van der Waals surface area (Å²) < 4.78 is 28.0. The molecular weight excluding hydrogens is 931 g/mol. The van der Waals surface area contributed by atoms with Crippen molar-refractivity contribution in [3.63, 3.8) is 0 Å². The Hall–Kier alpha value is 0.620. The second-order valence-corrected chi connectivity index (χ2v) is 27.6. The number of carbonyl (C=O) groups excluding carboxylic acids is 2. The van der Waals surface area contributed by atoms with E-state index in [1.165, 1.54) is 60.9 Å². The largest absolute Gasteiger partial charge is 0.470 e. The molecule has 3 aromatic rings. The van der Waals surface area contributed by atoms with Crippen molar-refractivity contribution in [3.05, 3.63) is 43.5 Å². The summed E-state index contributed by atoms with van der Waals surface area (Å²) in [6.07, 6.45) is 0. The third-order valence-corrected chi connectivity index (χ3v) is 24.1. The second-order valence-electron chi connectivity index (χ2n) is 6.21. The Morgan fingerprint density at radius 1 is 1.04 bits per heavy atom. The molecule has 0 saturated heterocycles. The number of amides is 1. The van der Waals surface area contributed by atoms with Crippen LogP contribution in [0.15, 0.2) is 34.0 Å². The van der Waals surface area contributed by atoms with Crippen LogP contribution in [-0.4, -0.2) is 60.1 Å². The number of hydrogen-bond acceptors (Lipinski definition) is 21. The molecule has 0 unspecified atom stereocenters. The van der Waals surface area contributed by atoms with Crippen molar-refractivity contribution in [3.8, 4) is 5.19 Å². The van der Waals surface area contributed by atoms with Gasteiger partial charge in [0.25, 0.3) is 10.4 Å². The lowest BCUT2D eigenvalue weighted by molar-refractivity contribution is 0.108. The Bertz CT molecular complexity index is 1840. The average molecular weight is 953 g/mol. The van der Waals surface area contributed by atoms with Gasteiger partial charge in [0.1, 0.15) is 0 Å². The van der Waals surface area contributed by atoms with Crippen molar-refractivity contribution >= 4 is 186 Å². The van der Waals surface area contributed by atoms with Crippen molar-refractivity contribution in [2.45, 2.75) is 17.4 Å². The van der Waals surface area contributed by atoms with Gasteiger partial charge in [-0.1, -0.05) is 12.1 Å². The Morgan fingerprint density at radius 2 is 1.67 bits per heavy atom. The van der Waals surface area contributed by atoms with Crippen LogP contribution in [0, 0.1) is 3.95 Å². The summed E-state index contributed by atoms with van der Waals surface area (Å²) in [6.45, 7) is 2.43. The summed E-state index contributed by atoms with van der Waals surface area (Å²) in [5, 5.41) is 14.3. The van der Waals surface area contributed by atoms with E-state index in [0.29, 0.717) is 37.2 Å². The number of hydrogen-bond donors (Lipinski definition) is 4. The third kappa shape index (κ3) is 22.4.